The Morgan fingerprint density at radius 1 is 1.31 bits per heavy atom. The highest BCUT2D eigenvalue weighted by Gasteiger charge is 2.33. The molecule has 26 heavy (non-hydrogen) atoms. The van der Waals surface area contributed by atoms with Crippen LogP contribution in [0.5, 0.6) is 11.5 Å². The Bertz CT molecular complexity index is 954. The maximum Gasteiger partial charge on any atom is 0.335 e. The average Bonchev–Trinajstić information content (AvgIpc) is 2.90. The summed E-state index contributed by atoms with van der Waals surface area (Å²) in [6, 6.07) is 10.5. The number of hydrogen-bond acceptors (Lipinski definition) is 6. The summed E-state index contributed by atoms with van der Waals surface area (Å²) in [6.45, 7) is 0. The molecule has 8 heteroatoms. The van der Waals surface area contributed by atoms with Gasteiger partial charge in [-0.15, -0.1) is 0 Å². The monoisotopic (exact) mass is 386 g/mol. The molecule has 0 saturated carbocycles. The predicted molar refractivity (Wildman–Crippen MR) is 101 cm³/mol. The van der Waals surface area contributed by atoms with Crippen LogP contribution in [0.4, 0.5) is 5.69 Å². The fraction of sp³-hybridized carbons (Fsp3) is 0.0556. The highest BCUT2D eigenvalue weighted by molar-refractivity contribution is 8.27. The van der Waals surface area contributed by atoms with Crippen molar-refractivity contribution < 1.29 is 24.5 Å². The Labute approximate surface area is 158 Å². The molecular formula is C18H12NO5S2-. The molecule has 0 aliphatic carbocycles. The second kappa shape index (κ2) is 7.19. The zero-order chi connectivity index (χ0) is 18.8. The van der Waals surface area contributed by atoms with Crippen molar-refractivity contribution >= 4 is 51.9 Å². The standard InChI is InChI=1S/C18H13NO5S2/c1-24-14-7-10(5-6-13(14)20)8-15-16(21)19(18(25)26-15)12-4-2-3-11(9-12)17(22)23/h2-9,20H,1H3,(H,22,23)/p-1/b15-8+. The van der Waals surface area contributed by atoms with Crippen molar-refractivity contribution in [3.63, 3.8) is 0 Å². The first kappa shape index (κ1) is 18.0. The summed E-state index contributed by atoms with van der Waals surface area (Å²) in [5.41, 5.74) is 1.08. The van der Waals surface area contributed by atoms with Crippen molar-refractivity contribution in [3.05, 3.63) is 58.5 Å². The van der Waals surface area contributed by atoms with Gasteiger partial charge in [-0.2, -0.15) is 0 Å². The number of thioether (sulfide) groups is 1. The lowest BCUT2D eigenvalue weighted by molar-refractivity contribution is -0.270. The Morgan fingerprint density at radius 3 is 2.77 bits per heavy atom. The van der Waals surface area contributed by atoms with E-state index in [4.69, 9.17) is 22.1 Å². The van der Waals surface area contributed by atoms with Crippen LogP contribution in [0.25, 0.3) is 6.08 Å². The number of hydrogen-bond donors (Lipinski definition) is 1. The number of carbonyl (C=O) groups is 2. The third kappa shape index (κ3) is 3.42. The first-order valence-corrected chi connectivity index (χ1v) is 8.59. The quantitative estimate of drug-likeness (QED) is 0.638. The van der Waals surface area contributed by atoms with Gasteiger partial charge in [0.2, 0.25) is 0 Å². The lowest BCUT2D eigenvalue weighted by Gasteiger charge is -2.15. The summed E-state index contributed by atoms with van der Waals surface area (Å²) < 4.78 is 5.30. The largest absolute Gasteiger partial charge is 0.870 e. The lowest BCUT2D eigenvalue weighted by Crippen LogP contribution is -2.27. The number of carboxylic acid groups (broad SMARTS) is 1. The summed E-state index contributed by atoms with van der Waals surface area (Å²) in [4.78, 5) is 25.5. The highest BCUT2D eigenvalue weighted by atomic mass is 32.2. The molecule has 1 amide bonds. The van der Waals surface area contributed by atoms with Crippen molar-refractivity contribution in [2.45, 2.75) is 0 Å². The molecule has 0 atom stereocenters. The van der Waals surface area contributed by atoms with Gasteiger partial charge in [0.15, 0.2) is 4.32 Å². The minimum atomic E-state index is -1.09. The van der Waals surface area contributed by atoms with E-state index in [9.17, 15) is 14.7 Å². The molecule has 132 valence electrons. The van der Waals surface area contributed by atoms with Gasteiger partial charge in [-0.3, -0.25) is 9.69 Å². The Hall–Kier alpha value is -2.84. The third-order valence-electron chi connectivity index (χ3n) is 3.63. The van der Waals surface area contributed by atoms with Crippen molar-refractivity contribution in [1.29, 1.82) is 0 Å². The summed E-state index contributed by atoms with van der Waals surface area (Å²) in [6.07, 6.45) is 1.61. The van der Waals surface area contributed by atoms with E-state index >= 15 is 0 Å². The fourth-order valence-corrected chi connectivity index (χ4v) is 3.69. The van der Waals surface area contributed by atoms with Crippen molar-refractivity contribution in [2.24, 2.45) is 0 Å². The smallest absolute Gasteiger partial charge is 0.335 e. The maximum atomic E-state index is 12.7. The molecule has 0 spiro atoms. The normalized spacial score (nSPS) is 15.6. The fourth-order valence-electron chi connectivity index (χ4n) is 2.39. The van der Waals surface area contributed by atoms with Gasteiger partial charge in [-0.1, -0.05) is 47.9 Å². The number of rotatable bonds is 4. The molecule has 2 aromatic carbocycles. The SMILES string of the molecule is COc1cc(/C=C2/SC(=S)N(c3cccc(C(=O)O)c3)C2=O)ccc1[O-]. The summed E-state index contributed by atoms with van der Waals surface area (Å²) in [5.74, 6) is -1.50. The maximum absolute atomic E-state index is 12.7. The van der Waals surface area contributed by atoms with Gasteiger partial charge in [-0.25, -0.2) is 4.79 Å². The van der Waals surface area contributed by atoms with Crippen LogP contribution >= 0.6 is 24.0 Å². The van der Waals surface area contributed by atoms with Crippen molar-refractivity contribution in [1.82, 2.24) is 0 Å². The zero-order valence-electron chi connectivity index (χ0n) is 13.5. The Morgan fingerprint density at radius 2 is 2.08 bits per heavy atom. The number of nitrogens with zero attached hydrogens (tertiary/aromatic N) is 1. The molecule has 1 heterocycles. The summed E-state index contributed by atoms with van der Waals surface area (Å²) in [5, 5.41) is 20.7. The molecule has 0 radical (unpaired) electrons. The van der Waals surface area contributed by atoms with Gasteiger partial charge in [0.25, 0.3) is 5.91 Å². The molecule has 1 aliphatic rings. The molecule has 1 saturated heterocycles. The zero-order valence-corrected chi connectivity index (χ0v) is 15.1. The van der Waals surface area contributed by atoms with Crippen LogP contribution in [0, 0.1) is 0 Å². The number of thiocarbonyl (C=S) groups is 1. The van der Waals surface area contributed by atoms with Crippen LogP contribution in [0.1, 0.15) is 15.9 Å². The number of carbonyl (C=O) groups excluding carboxylic acids is 1. The van der Waals surface area contributed by atoms with Crippen molar-refractivity contribution in [2.75, 3.05) is 12.0 Å². The Kier molecular flexibility index (Phi) is 4.97. The van der Waals surface area contributed by atoms with Gasteiger partial charge in [0.1, 0.15) is 5.75 Å². The molecule has 2 aromatic rings. The van der Waals surface area contributed by atoms with Gasteiger partial charge in [-0.05, 0) is 35.9 Å². The average molecular weight is 386 g/mol. The third-order valence-corrected chi connectivity index (χ3v) is 4.93. The molecule has 0 aromatic heterocycles. The van der Waals surface area contributed by atoms with Crippen LogP contribution in [-0.2, 0) is 4.79 Å². The van der Waals surface area contributed by atoms with Crippen LogP contribution in [0.3, 0.4) is 0 Å². The molecule has 0 bridgehead atoms. The van der Waals surface area contributed by atoms with Gasteiger partial charge in [0, 0.05) is 0 Å². The van der Waals surface area contributed by atoms with E-state index in [1.165, 1.54) is 30.2 Å². The Balaban J connectivity index is 1.94. The molecule has 1 aliphatic heterocycles. The molecule has 6 nitrogen and oxygen atoms in total. The summed E-state index contributed by atoms with van der Waals surface area (Å²) >= 11 is 6.38. The molecule has 1 N–H and O–H groups in total. The number of benzene rings is 2. The van der Waals surface area contributed by atoms with E-state index in [-0.39, 0.29) is 23.0 Å². The minimum absolute atomic E-state index is 0.0660. The van der Waals surface area contributed by atoms with Gasteiger partial charge in [0.05, 0.1) is 23.3 Å². The summed E-state index contributed by atoms with van der Waals surface area (Å²) in [7, 11) is 1.40. The number of amides is 1. The van der Waals surface area contributed by atoms with Gasteiger partial charge < -0.3 is 14.9 Å². The highest BCUT2D eigenvalue weighted by Crippen LogP contribution is 2.37. The van der Waals surface area contributed by atoms with E-state index in [0.29, 0.717) is 20.5 Å². The van der Waals surface area contributed by atoms with E-state index in [2.05, 4.69) is 0 Å². The number of aromatic carboxylic acids is 1. The first-order chi connectivity index (χ1) is 12.4. The number of carboxylic acids is 1. The molecule has 1 fully saturated rings. The van der Waals surface area contributed by atoms with Crippen molar-refractivity contribution in [3.8, 4) is 11.5 Å². The second-order valence-electron chi connectivity index (χ2n) is 5.28. The topological polar surface area (TPSA) is 89.9 Å². The predicted octanol–water partition coefficient (Wildman–Crippen LogP) is 2.87. The van der Waals surface area contributed by atoms with Crippen LogP contribution < -0.4 is 14.7 Å². The van der Waals surface area contributed by atoms with Crippen LogP contribution in [0.2, 0.25) is 0 Å². The first-order valence-electron chi connectivity index (χ1n) is 7.37. The number of ether oxygens (including phenoxy) is 1. The van der Waals surface area contributed by atoms with Crippen LogP contribution in [0.15, 0.2) is 47.4 Å². The van der Waals surface area contributed by atoms with E-state index in [1.807, 2.05) is 0 Å². The minimum Gasteiger partial charge on any atom is -0.870 e. The molecule has 3 rings (SSSR count). The molecule has 0 unspecified atom stereocenters. The van der Waals surface area contributed by atoms with Crippen LogP contribution in [-0.4, -0.2) is 28.4 Å². The number of methoxy groups -OCH3 is 1. The number of anilines is 1. The van der Waals surface area contributed by atoms with E-state index in [1.54, 1.807) is 30.3 Å². The van der Waals surface area contributed by atoms with Gasteiger partial charge >= 0.3 is 5.97 Å². The second-order valence-corrected chi connectivity index (χ2v) is 6.96. The van der Waals surface area contributed by atoms with E-state index < -0.39 is 5.97 Å². The van der Waals surface area contributed by atoms with E-state index in [0.717, 1.165) is 11.8 Å². The molecular weight excluding hydrogens is 374 g/mol. The lowest BCUT2D eigenvalue weighted by atomic mass is 10.1.